The zero-order chi connectivity index (χ0) is 21.1. The maximum absolute atomic E-state index is 12.6. The lowest BCUT2D eigenvalue weighted by molar-refractivity contribution is -0.129. The summed E-state index contributed by atoms with van der Waals surface area (Å²) >= 11 is 0.803. The standard InChI is InChI=1S/C21H18N2O6S/c1-27-15-5-2-13(3-6-15)10-22-19(24)11-23-20(25)18(30-21(23)26)9-14-4-7-16-17(8-14)29-12-28-16/h2-9H,10-12H2,1H3,(H,22,24)/b18-9-. The van der Waals surface area contributed by atoms with Crippen LogP contribution in [0.25, 0.3) is 6.08 Å². The summed E-state index contributed by atoms with van der Waals surface area (Å²) in [5.74, 6) is 1.02. The number of hydrogen-bond acceptors (Lipinski definition) is 7. The van der Waals surface area contributed by atoms with Crippen LogP contribution in [0.15, 0.2) is 47.4 Å². The van der Waals surface area contributed by atoms with E-state index in [0.29, 0.717) is 17.1 Å². The van der Waals surface area contributed by atoms with E-state index >= 15 is 0 Å². The topological polar surface area (TPSA) is 94.2 Å². The van der Waals surface area contributed by atoms with Crippen LogP contribution < -0.4 is 19.5 Å². The Morgan fingerprint density at radius 3 is 2.70 bits per heavy atom. The first-order chi connectivity index (χ1) is 14.5. The number of methoxy groups -OCH3 is 1. The van der Waals surface area contributed by atoms with Gasteiger partial charge in [0.2, 0.25) is 12.7 Å². The molecule has 0 atom stereocenters. The van der Waals surface area contributed by atoms with Crippen LogP contribution in [0.1, 0.15) is 11.1 Å². The van der Waals surface area contributed by atoms with E-state index in [1.54, 1.807) is 43.5 Å². The van der Waals surface area contributed by atoms with Gasteiger partial charge >= 0.3 is 0 Å². The molecule has 1 N–H and O–H groups in total. The molecule has 30 heavy (non-hydrogen) atoms. The third-order valence-corrected chi connectivity index (χ3v) is 5.43. The second kappa shape index (κ2) is 8.50. The van der Waals surface area contributed by atoms with Gasteiger partial charge in [0, 0.05) is 6.54 Å². The lowest BCUT2D eigenvalue weighted by Crippen LogP contribution is -2.39. The van der Waals surface area contributed by atoms with Crippen LogP contribution in [0, 0.1) is 0 Å². The molecule has 0 radical (unpaired) electrons. The number of carbonyl (C=O) groups excluding carboxylic acids is 3. The average Bonchev–Trinajstić information content (AvgIpc) is 3.32. The minimum atomic E-state index is -0.498. The van der Waals surface area contributed by atoms with Crippen molar-refractivity contribution in [2.75, 3.05) is 20.4 Å². The number of fused-ring (bicyclic) bond motifs is 1. The van der Waals surface area contributed by atoms with Gasteiger partial charge < -0.3 is 19.5 Å². The maximum Gasteiger partial charge on any atom is 0.294 e. The molecular weight excluding hydrogens is 408 g/mol. The molecule has 3 amide bonds. The van der Waals surface area contributed by atoms with Gasteiger partial charge in [-0.25, -0.2) is 0 Å². The summed E-state index contributed by atoms with van der Waals surface area (Å²) in [4.78, 5) is 38.3. The van der Waals surface area contributed by atoms with Crippen molar-refractivity contribution in [3.05, 3.63) is 58.5 Å². The summed E-state index contributed by atoms with van der Waals surface area (Å²) < 4.78 is 15.7. The first kappa shape index (κ1) is 19.8. The molecule has 8 nitrogen and oxygen atoms in total. The molecule has 0 saturated carbocycles. The van der Waals surface area contributed by atoms with Gasteiger partial charge in [-0.1, -0.05) is 18.2 Å². The Kier molecular flexibility index (Phi) is 5.62. The maximum atomic E-state index is 12.6. The predicted octanol–water partition coefficient (Wildman–Crippen LogP) is 2.78. The van der Waals surface area contributed by atoms with Crippen LogP contribution in [0.4, 0.5) is 4.79 Å². The molecule has 2 aliphatic heterocycles. The van der Waals surface area contributed by atoms with Gasteiger partial charge in [0.15, 0.2) is 11.5 Å². The summed E-state index contributed by atoms with van der Waals surface area (Å²) in [5.41, 5.74) is 1.58. The Bertz CT molecular complexity index is 1030. The third-order valence-electron chi connectivity index (χ3n) is 4.52. The van der Waals surface area contributed by atoms with Crippen molar-refractivity contribution >= 4 is 34.9 Å². The molecule has 0 spiro atoms. The first-order valence-electron chi connectivity index (χ1n) is 9.08. The van der Waals surface area contributed by atoms with E-state index in [-0.39, 0.29) is 24.8 Å². The van der Waals surface area contributed by atoms with E-state index in [0.717, 1.165) is 28.0 Å². The van der Waals surface area contributed by atoms with Crippen LogP contribution in [-0.4, -0.2) is 42.4 Å². The minimum absolute atomic E-state index is 0.154. The molecule has 4 rings (SSSR count). The van der Waals surface area contributed by atoms with Crippen LogP contribution in [0.3, 0.4) is 0 Å². The molecule has 1 fully saturated rings. The fourth-order valence-electron chi connectivity index (χ4n) is 2.93. The Balaban J connectivity index is 1.37. The smallest absolute Gasteiger partial charge is 0.294 e. The fraction of sp³-hybridized carbons (Fsp3) is 0.190. The Morgan fingerprint density at radius 2 is 1.93 bits per heavy atom. The van der Waals surface area contributed by atoms with Crippen LogP contribution >= 0.6 is 11.8 Å². The third kappa shape index (κ3) is 4.25. The highest BCUT2D eigenvalue weighted by Gasteiger charge is 2.36. The number of hydrogen-bond donors (Lipinski definition) is 1. The highest BCUT2D eigenvalue weighted by Crippen LogP contribution is 2.36. The number of rotatable bonds is 6. The van der Waals surface area contributed by atoms with Crippen molar-refractivity contribution in [2.45, 2.75) is 6.54 Å². The van der Waals surface area contributed by atoms with Crippen molar-refractivity contribution in [3.63, 3.8) is 0 Å². The normalized spacial score (nSPS) is 16.3. The molecule has 0 bridgehead atoms. The number of thioether (sulfide) groups is 1. The Hall–Kier alpha value is -3.46. The van der Waals surface area contributed by atoms with Crippen LogP contribution in [0.5, 0.6) is 17.2 Å². The molecular formula is C21H18N2O6S. The molecule has 1 saturated heterocycles. The molecule has 0 aliphatic carbocycles. The molecule has 154 valence electrons. The van der Waals surface area contributed by atoms with Crippen LogP contribution in [-0.2, 0) is 16.1 Å². The average molecular weight is 426 g/mol. The highest BCUT2D eigenvalue weighted by molar-refractivity contribution is 8.18. The van der Waals surface area contributed by atoms with Crippen molar-refractivity contribution in [2.24, 2.45) is 0 Å². The minimum Gasteiger partial charge on any atom is -0.497 e. The molecule has 0 unspecified atom stereocenters. The lowest BCUT2D eigenvalue weighted by Gasteiger charge is -2.12. The predicted molar refractivity (Wildman–Crippen MR) is 110 cm³/mol. The Morgan fingerprint density at radius 1 is 1.17 bits per heavy atom. The molecule has 9 heteroatoms. The van der Waals surface area contributed by atoms with Crippen molar-refractivity contribution in [1.29, 1.82) is 0 Å². The Labute approximate surface area is 176 Å². The molecule has 2 heterocycles. The molecule has 2 aromatic carbocycles. The number of imide groups is 1. The van der Waals surface area contributed by atoms with E-state index in [1.807, 2.05) is 12.1 Å². The summed E-state index contributed by atoms with van der Waals surface area (Å²) in [6.07, 6.45) is 1.60. The van der Waals surface area contributed by atoms with Crippen molar-refractivity contribution in [1.82, 2.24) is 10.2 Å². The number of amides is 3. The molecule has 2 aromatic rings. The van der Waals surface area contributed by atoms with Gasteiger partial charge in [-0.2, -0.15) is 0 Å². The van der Waals surface area contributed by atoms with E-state index in [2.05, 4.69) is 5.32 Å². The van der Waals surface area contributed by atoms with Crippen molar-refractivity contribution < 1.29 is 28.6 Å². The van der Waals surface area contributed by atoms with Crippen molar-refractivity contribution in [3.8, 4) is 17.2 Å². The number of carbonyl (C=O) groups is 3. The number of ether oxygens (including phenoxy) is 3. The second-order valence-electron chi connectivity index (χ2n) is 6.51. The summed E-state index contributed by atoms with van der Waals surface area (Å²) in [6, 6.07) is 12.5. The largest absolute Gasteiger partial charge is 0.497 e. The quantitative estimate of drug-likeness (QED) is 0.710. The van der Waals surface area contributed by atoms with Gasteiger partial charge in [-0.15, -0.1) is 0 Å². The van der Waals surface area contributed by atoms with Gasteiger partial charge in [-0.05, 0) is 53.2 Å². The summed E-state index contributed by atoms with van der Waals surface area (Å²) in [6.45, 7) is 0.103. The zero-order valence-electron chi connectivity index (χ0n) is 16.0. The number of benzene rings is 2. The second-order valence-corrected chi connectivity index (χ2v) is 7.50. The summed E-state index contributed by atoms with van der Waals surface area (Å²) in [5, 5.41) is 2.23. The highest BCUT2D eigenvalue weighted by atomic mass is 32.2. The van der Waals surface area contributed by atoms with Gasteiger partial charge in [-0.3, -0.25) is 19.3 Å². The van der Waals surface area contributed by atoms with E-state index < -0.39 is 17.1 Å². The van der Waals surface area contributed by atoms with Gasteiger partial charge in [0.05, 0.1) is 12.0 Å². The molecule has 2 aliphatic rings. The summed E-state index contributed by atoms with van der Waals surface area (Å²) in [7, 11) is 1.58. The number of nitrogens with one attached hydrogen (secondary N) is 1. The molecule has 0 aromatic heterocycles. The lowest BCUT2D eigenvalue weighted by atomic mass is 10.2. The fourth-order valence-corrected chi connectivity index (χ4v) is 3.77. The monoisotopic (exact) mass is 426 g/mol. The van der Waals surface area contributed by atoms with E-state index in [9.17, 15) is 14.4 Å². The SMILES string of the molecule is COc1ccc(CNC(=O)CN2C(=O)S/C(=C\c3ccc4c(c3)OCO4)C2=O)cc1. The van der Waals surface area contributed by atoms with E-state index in [4.69, 9.17) is 14.2 Å². The van der Waals surface area contributed by atoms with E-state index in [1.165, 1.54) is 0 Å². The van der Waals surface area contributed by atoms with Gasteiger partial charge in [0.25, 0.3) is 11.1 Å². The van der Waals surface area contributed by atoms with Gasteiger partial charge in [0.1, 0.15) is 12.3 Å². The van der Waals surface area contributed by atoms with Crippen LogP contribution in [0.2, 0.25) is 0 Å². The number of nitrogens with zero attached hydrogens (tertiary/aromatic N) is 1. The first-order valence-corrected chi connectivity index (χ1v) is 9.90. The zero-order valence-corrected chi connectivity index (χ0v) is 16.9.